The largest absolute Gasteiger partial charge is 0.344 e. The number of aromatic nitrogens is 6. The second-order valence-electron chi connectivity index (χ2n) is 13.9. The highest BCUT2D eigenvalue weighted by Crippen LogP contribution is 2.68. The molecule has 21 heteroatoms. The summed E-state index contributed by atoms with van der Waals surface area (Å²) in [4.78, 5) is 33.2. The van der Waals surface area contributed by atoms with E-state index in [1.54, 1.807) is 0 Å². The summed E-state index contributed by atoms with van der Waals surface area (Å²) in [5.41, 5.74) is -2.71. The molecule has 2 N–H and O–H groups in total. The molecule has 3 heterocycles. The molecule has 0 bridgehead atoms. The van der Waals surface area contributed by atoms with Gasteiger partial charge in [-0.2, -0.15) is 24.2 Å². The lowest BCUT2D eigenvalue weighted by atomic mass is 10.0. The Balaban J connectivity index is 1.33. The summed E-state index contributed by atoms with van der Waals surface area (Å²) in [5, 5.41) is 20.2. The molecular weight excluding hydrogens is 804 g/mol. The highest BCUT2D eigenvalue weighted by Gasteiger charge is 2.67. The molecule has 0 spiro atoms. The minimum Gasteiger partial charge on any atom is -0.344 e. The van der Waals surface area contributed by atoms with E-state index >= 15 is 8.78 Å². The van der Waals surface area contributed by atoms with Gasteiger partial charge in [-0.05, 0) is 60.4 Å². The minimum absolute atomic E-state index is 0.0109. The molecule has 1 saturated carbocycles. The molecular formula is C36H26ClF6N9O4S. The van der Waals surface area contributed by atoms with Crippen molar-refractivity contribution in [2.75, 3.05) is 11.0 Å². The van der Waals surface area contributed by atoms with E-state index in [1.807, 2.05) is 6.07 Å². The average molecular weight is 830 g/mol. The topological polar surface area (TPSA) is 170 Å². The van der Waals surface area contributed by atoms with Crippen molar-refractivity contribution < 1.29 is 39.6 Å². The first kappa shape index (κ1) is 38.0. The van der Waals surface area contributed by atoms with E-state index in [1.165, 1.54) is 42.1 Å². The predicted molar refractivity (Wildman–Crippen MR) is 193 cm³/mol. The van der Waals surface area contributed by atoms with E-state index in [-0.39, 0.29) is 67.3 Å². The molecule has 3 aromatic heterocycles. The summed E-state index contributed by atoms with van der Waals surface area (Å²) in [7, 11) is -2.48. The number of carbonyl (C=O) groups excluding carboxylic acids is 1. The lowest BCUT2D eigenvalue weighted by Gasteiger charge is -2.24. The molecule has 6 aromatic rings. The van der Waals surface area contributed by atoms with Gasteiger partial charge in [0.2, 0.25) is 15.9 Å². The normalized spacial score (nSPS) is 17.4. The van der Waals surface area contributed by atoms with Gasteiger partial charge < -0.3 is 5.32 Å². The monoisotopic (exact) mass is 829 g/mol. The van der Waals surface area contributed by atoms with Gasteiger partial charge in [-0.1, -0.05) is 11.6 Å². The third-order valence-corrected chi connectivity index (χ3v) is 10.8. The van der Waals surface area contributed by atoms with Gasteiger partial charge >= 0.3 is 0 Å². The second kappa shape index (κ2) is 13.3. The Morgan fingerprint density at radius 2 is 1.82 bits per heavy atom. The summed E-state index contributed by atoms with van der Waals surface area (Å²) in [6, 6.07) is 9.59. The highest BCUT2D eigenvalue weighted by molar-refractivity contribution is 7.92. The Bertz CT molecular complexity index is 2910. The number of sulfonamides is 1. The average Bonchev–Trinajstić information content (AvgIpc) is 3.66. The number of hydrogen-bond acceptors (Lipinski definition) is 8. The zero-order chi connectivity index (χ0) is 40.9. The molecule has 294 valence electrons. The van der Waals surface area contributed by atoms with E-state index in [2.05, 4.69) is 25.2 Å². The maximum atomic E-state index is 15.4. The number of aryl methyl sites for hydroxylation is 1. The molecule has 0 aliphatic heterocycles. The Morgan fingerprint density at radius 3 is 2.49 bits per heavy atom. The summed E-state index contributed by atoms with van der Waals surface area (Å²) >= 11 is 6.55. The number of alkyl halides is 4. The molecule has 3 atom stereocenters. The first-order valence-electron chi connectivity index (χ1n) is 17.0. The van der Waals surface area contributed by atoms with E-state index in [0.29, 0.717) is 10.7 Å². The molecule has 1 fully saturated rings. The lowest BCUT2D eigenvalue weighted by Crippen LogP contribution is -2.38. The van der Waals surface area contributed by atoms with Crippen molar-refractivity contribution in [2.24, 2.45) is 13.0 Å². The molecule has 3 aromatic carbocycles. The lowest BCUT2D eigenvalue weighted by molar-refractivity contribution is -0.123. The van der Waals surface area contributed by atoms with Crippen LogP contribution in [0, 0.1) is 28.9 Å². The summed E-state index contributed by atoms with van der Waals surface area (Å²) in [5.74, 6) is -9.17. The predicted octanol–water partition coefficient (Wildman–Crippen LogP) is 5.89. The van der Waals surface area contributed by atoms with Gasteiger partial charge in [0.1, 0.15) is 35.4 Å². The van der Waals surface area contributed by atoms with Crippen LogP contribution in [-0.4, -0.2) is 49.7 Å². The van der Waals surface area contributed by atoms with Crippen LogP contribution in [0.15, 0.2) is 53.3 Å². The van der Waals surface area contributed by atoms with Gasteiger partial charge in [0.25, 0.3) is 17.9 Å². The van der Waals surface area contributed by atoms with E-state index in [9.17, 15) is 40.8 Å². The van der Waals surface area contributed by atoms with Crippen molar-refractivity contribution in [1.82, 2.24) is 34.4 Å². The van der Waals surface area contributed by atoms with Crippen molar-refractivity contribution >= 4 is 55.2 Å². The molecule has 2 aliphatic carbocycles. The maximum Gasteiger partial charge on any atom is 0.293 e. The molecule has 1 amide bonds. The van der Waals surface area contributed by atoms with Crippen molar-refractivity contribution in [1.29, 1.82) is 5.26 Å². The minimum atomic E-state index is -3.91. The van der Waals surface area contributed by atoms with Gasteiger partial charge in [0, 0.05) is 31.0 Å². The number of carbonyl (C=O) groups is 1. The Kier molecular flexibility index (Phi) is 8.88. The molecule has 2 aliphatic rings. The number of anilines is 1. The van der Waals surface area contributed by atoms with Crippen LogP contribution in [0.3, 0.4) is 0 Å². The quantitative estimate of drug-likeness (QED) is 0.161. The molecule has 8 rings (SSSR count). The molecule has 1 unspecified atom stereocenters. The fourth-order valence-corrected chi connectivity index (χ4v) is 8.39. The number of benzene rings is 3. The number of nitrogens with zero attached hydrogens (tertiary/aromatic N) is 7. The molecule has 13 nitrogen and oxygen atoms in total. The van der Waals surface area contributed by atoms with Gasteiger partial charge in [0.05, 0.1) is 56.4 Å². The Hall–Kier alpha value is -5.94. The number of hydrogen-bond donors (Lipinski definition) is 2. The zero-order valence-corrected chi connectivity index (χ0v) is 30.9. The van der Waals surface area contributed by atoms with Crippen LogP contribution >= 0.6 is 11.6 Å². The number of nitrogens with one attached hydrogen (secondary N) is 2. The van der Waals surface area contributed by atoms with E-state index in [0.717, 1.165) is 23.0 Å². The van der Waals surface area contributed by atoms with Crippen LogP contribution in [-0.2, 0) is 40.8 Å². The first-order valence-corrected chi connectivity index (χ1v) is 19.2. The number of amides is 1. The van der Waals surface area contributed by atoms with Crippen LogP contribution in [0.2, 0.25) is 5.02 Å². The molecule has 0 saturated heterocycles. The summed E-state index contributed by atoms with van der Waals surface area (Å²) in [6.07, 6.45) is -2.82. The fraction of sp³-hybridized carbons (Fsp3) is 0.278. The Morgan fingerprint density at radius 1 is 1.11 bits per heavy atom. The first-order chi connectivity index (χ1) is 26.9. The van der Waals surface area contributed by atoms with Crippen molar-refractivity contribution in [3.8, 4) is 11.8 Å². The van der Waals surface area contributed by atoms with Crippen LogP contribution in [0.1, 0.15) is 58.7 Å². The SMILES string of the molecule is Cn1nc(NS(C)(=O)=O)c2c(Cl)ccc(-n3c(C(Cc4cc(F)cc(F)c4)NC(=O)Cn4nc(C(F)F)c5c4C(F)(F)[C@@H]4C[C@H]54)nc4cc(C#N)ccc4c3=O)c21. The number of fused-ring (bicyclic) bond motifs is 5. The third-order valence-electron chi connectivity index (χ3n) is 9.93. The number of halogens is 7. The maximum absolute atomic E-state index is 15.4. The standard InChI is InChI=1S/C36H26ClF6N9O4S/c1-50-30-25(6-5-22(37)28(30)33(48-50)49-57(2,55)56)52-34(46-23-9-15(13-44)3-4-19(23)35(52)54)24(10-16-7-17(38)11-18(39)8-16)45-26(53)14-51-31-27(29(47-51)32(40)41)20-12-21(20)36(31,42)43/h3-9,11,20-21,24,32H,10,12,14H2,1-2H3,(H,45,53)(H,48,49)/t20-,21+,24?/m0/s1. The van der Waals surface area contributed by atoms with Crippen LogP contribution in [0.5, 0.6) is 0 Å². The smallest absolute Gasteiger partial charge is 0.293 e. The van der Waals surface area contributed by atoms with Gasteiger partial charge in [-0.3, -0.25) is 28.2 Å². The molecule has 0 radical (unpaired) electrons. The van der Waals surface area contributed by atoms with Crippen molar-refractivity contribution in [2.45, 2.75) is 43.7 Å². The van der Waals surface area contributed by atoms with E-state index in [4.69, 9.17) is 11.6 Å². The van der Waals surface area contributed by atoms with Crippen LogP contribution in [0.25, 0.3) is 27.5 Å². The van der Waals surface area contributed by atoms with Crippen LogP contribution < -0.4 is 15.6 Å². The molecule has 57 heavy (non-hydrogen) atoms. The zero-order valence-electron chi connectivity index (χ0n) is 29.4. The van der Waals surface area contributed by atoms with E-state index < -0.39 is 87.7 Å². The fourth-order valence-electron chi connectivity index (χ4n) is 7.65. The highest BCUT2D eigenvalue weighted by atomic mass is 35.5. The van der Waals surface area contributed by atoms with Gasteiger partial charge in [-0.15, -0.1) is 0 Å². The van der Waals surface area contributed by atoms with Gasteiger partial charge in [0.15, 0.2) is 5.82 Å². The van der Waals surface area contributed by atoms with Gasteiger partial charge in [-0.25, -0.2) is 31.0 Å². The van der Waals surface area contributed by atoms with Crippen molar-refractivity contribution in [3.05, 3.63) is 109 Å². The summed E-state index contributed by atoms with van der Waals surface area (Å²) in [6.45, 7) is -0.998. The number of nitriles is 1. The summed E-state index contributed by atoms with van der Waals surface area (Å²) < 4.78 is 118. The number of rotatable bonds is 10. The third kappa shape index (κ3) is 6.53. The second-order valence-corrected chi connectivity index (χ2v) is 16.0. The van der Waals surface area contributed by atoms with Crippen LogP contribution in [0.4, 0.5) is 32.2 Å². The van der Waals surface area contributed by atoms with Crippen molar-refractivity contribution in [3.63, 3.8) is 0 Å². The Labute approximate surface area is 322 Å².